The van der Waals surface area contributed by atoms with E-state index in [0.717, 1.165) is 0 Å². The highest BCUT2D eigenvalue weighted by Gasteiger charge is 2.37. The first-order valence-corrected chi connectivity index (χ1v) is 8.60. The van der Waals surface area contributed by atoms with Crippen LogP contribution in [0, 0.1) is 10.1 Å². The molecule has 150 valence electrons. The van der Waals surface area contributed by atoms with E-state index in [1.165, 1.54) is 7.11 Å². The van der Waals surface area contributed by atoms with Crippen molar-refractivity contribution in [2.45, 2.75) is 19.8 Å². The van der Waals surface area contributed by atoms with Crippen LogP contribution in [0.5, 0.6) is 0 Å². The van der Waals surface area contributed by atoms with Gasteiger partial charge in [0, 0.05) is 16.4 Å². The summed E-state index contributed by atoms with van der Waals surface area (Å²) < 4.78 is 10.00. The summed E-state index contributed by atoms with van der Waals surface area (Å²) in [4.78, 5) is 39.5. The molecule has 1 heterocycles. The SMILES string of the molecule is COC(=O)C1=C(C)NC(C)=C(C(=O)OCCO[N+](=O)[O-])C1c1cccc(Cl)c1. The number of rotatable bonds is 7. The molecule has 0 aromatic heterocycles. The van der Waals surface area contributed by atoms with Crippen molar-refractivity contribution in [3.8, 4) is 0 Å². The second kappa shape index (κ2) is 9.23. The number of esters is 2. The summed E-state index contributed by atoms with van der Waals surface area (Å²) in [5, 5.41) is 12.6. The second-order valence-electron chi connectivity index (χ2n) is 5.87. The maximum atomic E-state index is 12.7. The van der Waals surface area contributed by atoms with E-state index < -0.39 is 29.6 Å². The fourth-order valence-electron chi connectivity index (χ4n) is 2.99. The Kier molecular flexibility index (Phi) is 7.00. The molecular weight excluding hydrogens is 392 g/mol. The fraction of sp³-hybridized carbons (Fsp3) is 0.333. The molecule has 1 aromatic carbocycles. The topological polar surface area (TPSA) is 117 Å². The van der Waals surface area contributed by atoms with Crippen LogP contribution in [0.1, 0.15) is 25.3 Å². The first-order chi connectivity index (χ1) is 13.3. The van der Waals surface area contributed by atoms with Gasteiger partial charge in [-0.15, -0.1) is 10.1 Å². The van der Waals surface area contributed by atoms with Gasteiger partial charge in [0.05, 0.1) is 24.2 Å². The van der Waals surface area contributed by atoms with E-state index in [1.807, 2.05) is 0 Å². The molecule has 1 N–H and O–H groups in total. The van der Waals surface area contributed by atoms with E-state index in [0.29, 0.717) is 22.0 Å². The monoisotopic (exact) mass is 410 g/mol. The molecule has 9 nitrogen and oxygen atoms in total. The molecule has 0 spiro atoms. The minimum Gasteiger partial charge on any atom is -0.466 e. The third-order valence-electron chi connectivity index (χ3n) is 4.08. The highest BCUT2D eigenvalue weighted by molar-refractivity contribution is 6.30. The van der Waals surface area contributed by atoms with E-state index in [2.05, 4.69) is 10.2 Å². The predicted octanol–water partition coefficient (Wildman–Crippen LogP) is 2.50. The molecule has 0 radical (unpaired) electrons. The van der Waals surface area contributed by atoms with Gasteiger partial charge in [0.15, 0.2) is 0 Å². The van der Waals surface area contributed by atoms with Crippen molar-refractivity contribution in [3.05, 3.63) is 67.5 Å². The van der Waals surface area contributed by atoms with Crippen LogP contribution in [0.2, 0.25) is 5.02 Å². The molecule has 1 atom stereocenters. The number of ether oxygens (including phenoxy) is 2. The van der Waals surface area contributed by atoms with Crippen LogP contribution in [0.15, 0.2) is 46.8 Å². The summed E-state index contributed by atoms with van der Waals surface area (Å²) in [6.45, 7) is 2.63. The third kappa shape index (κ3) is 4.80. The number of dihydropyridines is 1. The van der Waals surface area contributed by atoms with Gasteiger partial charge in [-0.3, -0.25) is 0 Å². The lowest BCUT2D eigenvalue weighted by molar-refractivity contribution is -0.757. The summed E-state index contributed by atoms with van der Waals surface area (Å²) in [6, 6.07) is 6.75. The summed E-state index contributed by atoms with van der Waals surface area (Å²) in [5.41, 5.74) is 2.03. The predicted molar refractivity (Wildman–Crippen MR) is 98.7 cm³/mol. The standard InChI is InChI=1S/C18H19ClN2O7/c1-10-14(17(22)26-3)16(12-5-4-6-13(19)9-12)15(11(2)20-10)18(23)27-7-8-28-21(24)25/h4-6,9,16,20H,7-8H2,1-3H3. The Bertz CT molecular complexity index is 863. The molecular formula is C18H19ClN2O7. The largest absolute Gasteiger partial charge is 0.466 e. The zero-order valence-corrected chi connectivity index (χ0v) is 16.2. The van der Waals surface area contributed by atoms with Crippen LogP contribution >= 0.6 is 11.6 Å². The molecule has 0 bridgehead atoms. The number of hydrogen-bond donors (Lipinski definition) is 1. The van der Waals surface area contributed by atoms with Gasteiger partial charge in [-0.2, -0.15) is 0 Å². The second-order valence-corrected chi connectivity index (χ2v) is 6.31. The van der Waals surface area contributed by atoms with Crippen LogP contribution in [-0.2, 0) is 23.9 Å². The molecule has 0 fully saturated rings. The normalized spacial score (nSPS) is 16.4. The van der Waals surface area contributed by atoms with E-state index in [9.17, 15) is 19.7 Å². The van der Waals surface area contributed by atoms with Gasteiger partial charge in [-0.25, -0.2) is 9.59 Å². The summed E-state index contributed by atoms with van der Waals surface area (Å²) in [6.07, 6.45) is 0. The van der Waals surface area contributed by atoms with Crippen LogP contribution in [0.25, 0.3) is 0 Å². The van der Waals surface area contributed by atoms with Gasteiger partial charge in [0.1, 0.15) is 13.2 Å². The lowest BCUT2D eigenvalue weighted by Crippen LogP contribution is -2.32. The smallest absolute Gasteiger partial charge is 0.336 e. The Morgan fingerprint density at radius 1 is 1.18 bits per heavy atom. The molecule has 10 heteroatoms. The zero-order valence-electron chi connectivity index (χ0n) is 15.5. The van der Waals surface area contributed by atoms with Gasteiger partial charge in [0.2, 0.25) is 0 Å². The summed E-state index contributed by atoms with van der Waals surface area (Å²) >= 11 is 6.10. The van der Waals surface area contributed by atoms with Gasteiger partial charge in [0.25, 0.3) is 5.09 Å². The van der Waals surface area contributed by atoms with Gasteiger partial charge in [-0.05, 0) is 31.5 Å². The zero-order chi connectivity index (χ0) is 20.8. The number of carbonyl (C=O) groups excluding carboxylic acids is 2. The Balaban J connectivity index is 2.42. The van der Waals surface area contributed by atoms with Crippen molar-refractivity contribution in [2.24, 2.45) is 0 Å². The van der Waals surface area contributed by atoms with Crippen molar-refractivity contribution >= 4 is 23.5 Å². The van der Waals surface area contributed by atoms with Crippen LogP contribution in [-0.4, -0.2) is 37.3 Å². The van der Waals surface area contributed by atoms with Crippen molar-refractivity contribution in [1.82, 2.24) is 5.32 Å². The molecule has 1 unspecified atom stereocenters. The van der Waals surface area contributed by atoms with Crippen LogP contribution < -0.4 is 5.32 Å². The average Bonchev–Trinajstić information content (AvgIpc) is 2.63. The lowest BCUT2D eigenvalue weighted by atomic mass is 9.80. The quantitative estimate of drug-likeness (QED) is 0.315. The molecule has 2 rings (SSSR count). The van der Waals surface area contributed by atoms with E-state index in [4.69, 9.17) is 21.1 Å². The number of hydrogen-bond acceptors (Lipinski definition) is 8. The fourth-order valence-corrected chi connectivity index (χ4v) is 3.19. The molecule has 1 aromatic rings. The number of carbonyl (C=O) groups is 2. The first-order valence-electron chi connectivity index (χ1n) is 8.23. The van der Waals surface area contributed by atoms with Crippen molar-refractivity contribution < 1.29 is 29.0 Å². The third-order valence-corrected chi connectivity index (χ3v) is 4.32. The van der Waals surface area contributed by atoms with Crippen LogP contribution in [0.3, 0.4) is 0 Å². The maximum Gasteiger partial charge on any atom is 0.336 e. The Labute approximate surface area is 166 Å². The van der Waals surface area contributed by atoms with Gasteiger partial charge >= 0.3 is 11.9 Å². The number of nitrogens with one attached hydrogen (secondary N) is 1. The molecule has 1 aliphatic heterocycles. The summed E-state index contributed by atoms with van der Waals surface area (Å²) in [7, 11) is 1.25. The van der Waals surface area contributed by atoms with Crippen molar-refractivity contribution in [2.75, 3.05) is 20.3 Å². The minimum absolute atomic E-state index is 0.175. The van der Waals surface area contributed by atoms with Crippen molar-refractivity contribution in [3.63, 3.8) is 0 Å². The number of methoxy groups -OCH3 is 1. The first kappa shape index (κ1) is 21.2. The number of halogens is 1. The maximum absolute atomic E-state index is 12.7. The summed E-state index contributed by atoms with van der Waals surface area (Å²) in [5.74, 6) is -2.13. The van der Waals surface area contributed by atoms with Gasteiger partial charge < -0.3 is 19.6 Å². The molecule has 0 saturated carbocycles. The Morgan fingerprint density at radius 2 is 1.82 bits per heavy atom. The Hall–Kier alpha value is -3.07. The number of nitrogens with zero attached hydrogens (tertiary/aromatic N) is 1. The molecule has 28 heavy (non-hydrogen) atoms. The number of benzene rings is 1. The van der Waals surface area contributed by atoms with Crippen molar-refractivity contribution in [1.29, 1.82) is 0 Å². The van der Waals surface area contributed by atoms with E-state index >= 15 is 0 Å². The van der Waals surface area contributed by atoms with Crippen LogP contribution in [0.4, 0.5) is 0 Å². The highest BCUT2D eigenvalue weighted by atomic mass is 35.5. The highest BCUT2D eigenvalue weighted by Crippen LogP contribution is 2.39. The molecule has 1 aliphatic rings. The van der Waals surface area contributed by atoms with Gasteiger partial charge in [-0.1, -0.05) is 23.7 Å². The minimum atomic E-state index is -0.975. The lowest BCUT2D eigenvalue weighted by Gasteiger charge is -2.30. The van der Waals surface area contributed by atoms with E-state index in [-0.39, 0.29) is 17.8 Å². The molecule has 0 amide bonds. The van der Waals surface area contributed by atoms with E-state index in [1.54, 1.807) is 38.1 Å². The number of allylic oxidation sites excluding steroid dienone is 2. The molecule has 0 aliphatic carbocycles. The average molecular weight is 411 g/mol. The Morgan fingerprint density at radius 3 is 2.39 bits per heavy atom. The molecule has 0 saturated heterocycles.